The fraction of sp³-hybridized carbons (Fsp3) is 0.533. The van der Waals surface area contributed by atoms with Crippen LogP contribution in [0.25, 0.3) is 5.65 Å². The molecular weight excluding hydrogens is 252 g/mol. The van der Waals surface area contributed by atoms with E-state index in [2.05, 4.69) is 15.4 Å². The molecule has 1 amide bonds. The summed E-state index contributed by atoms with van der Waals surface area (Å²) in [5.41, 5.74) is 4.98. The highest BCUT2D eigenvalue weighted by Gasteiger charge is 2.13. The minimum Gasteiger partial charge on any atom is -0.354 e. The van der Waals surface area contributed by atoms with Crippen LogP contribution < -0.4 is 5.32 Å². The summed E-state index contributed by atoms with van der Waals surface area (Å²) in [6, 6.07) is 2.15. The van der Waals surface area contributed by atoms with Crippen molar-refractivity contribution in [3.05, 3.63) is 28.7 Å². The number of carbonyl (C=O) groups excluding carboxylic acids is 1. The summed E-state index contributed by atoms with van der Waals surface area (Å²) in [6.07, 6.45) is 1.17. The standard InChI is InChI=1S/C15H22N4O/c1-9(2)16-15(20)7-6-13-11(4)17-14-8-10(3)18-19(14)12(13)5/h8-9H,6-7H2,1-5H3,(H,16,20). The van der Waals surface area contributed by atoms with E-state index in [9.17, 15) is 4.79 Å². The van der Waals surface area contributed by atoms with E-state index in [1.165, 1.54) is 0 Å². The van der Waals surface area contributed by atoms with Crippen LogP contribution in [-0.4, -0.2) is 26.5 Å². The summed E-state index contributed by atoms with van der Waals surface area (Å²) in [6.45, 7) is 9.91. The van der Waals surface area contributed by atoms with Crippen molar-refractivity contribution in [1.29, 1.82) is 0 Å². The van der Waals surface area contributed by atoms with Crippen molar-refractivity contribution < 1.29 is 4.79 Å². The number of rotatable bonds is 4. The van der Waals surface area contributed by atoms with E-state index < -0.39 is 0 Å². The Labute approximate surface area is 119 Å². The summed E-state index contributed by atoms with van der Waals surface area (Å²) < 4.78 is 1.86. The van der Waals surface area contributed by atoms with Crippen LogP contribution in [0.1, 0.15) is 42.9 Å². The molecule has 2 aromatic rings. The molecular formula is C15H22N4O. The highest BCUT2D eigenvalue weighted by atomic mass is 16.1. The van der Waals surface area contributed by atoms with Crippen LogP contribution >= 0.6 is 0 Å². The fourth-order valence-corrected chi connectivity index (χ4v) is 2.44. The van der Waals surface area contributed by atoms with Gasteiger partial charge in [-0.3, -0.25) is 4.79 Å². The summed E-state index contributed by atoms with van der Waals surface area (Å²) in [4.78, 5) is 16.3. The molecule has 0 aliphatic rings. The van der Waals surface area contributed by atoms with Crippen molar-refractivity contribution in [2.45, 2.75) is 53.5 Å². The van der Waals surface area contributed by atoms with Crippen LogP contribution in [0, 0.1) is 20.8 Å². The fourth-order valence-electron chi connectivity index (χ4n) is 2.44. The number of aryl methyl sites for hydroxylation is 3. The summed E-state index contributed by atoms with van der Waals surface area (Å²) in [5.74, 6) is 0.0792. The van der Waals surface area contributed by atoms with Gasteiger partial charge in [-0.15, -0.1) is 0 Å². The minimum absolute atomic E-state index is 0.0792. The lowest BCUT2D eigenvalue weighted by molar-refractivity contribution is -0.121. The van der Waals surface area contributed by atoms with Gasteiger partial charge in [0.1, 0.15) is 0 Å². The monoisotopic (exact) mass is 274 g/mol. The van der Waals surface area contributed by atoms with E-state index >= 15 is 0 Å². The molecule has 0 saturated heterocycles. The van der Waals surface area contributed by atoms with Crippen LogP contribution in [-0.2, 0) is 11.2 Å². The van der Waals surface area contributed by atoms with Crippen LogP contribution in [0.2, 0.25) is 0 Å². The molecule has 0 radical (unpaired) electrons. The van der Waals surface area contributed by atoms with Crippen LogP contribution in [0.4, 0.5) is 0 Å². The Balaban J connectivity index is 2.23. The second kappa shape index (κ2) is 5.61. The molecule has 0 aromatic carbocycles. The Morgan fingerprint density at radius 1 is 1.35 bits per heavy atom. The number of nitrogens with zero attached hydrogens (tertiary/aromatic N) is 3. The molecule has 0 aliphatic carbocycles. The SMILES string of the molecule is Cc1cc2nc(C)c(CCC(=O)NC(C)C)c(C)n2n1. The number of hydrogen-bond donors (Lipinski definition) is 1. The maximum absolute atomic E-state index is 11.8. The molecule has 108 valence electrons. The average molecular weight is 274 g/mol. The first kappa shape index (κ1) is 14.5. The lowest BCUT2D eigenvalue weighted by atomic mass is 10.1. The Bertz CT molecular complexity index is 643. The van der Waals surface area contributed by atoms with E-state index in [0.29, 0.717) is 12.8 Å². The second-order valence-electron chi connectivity index (χ2n) is 5.54. The van der Waals surface area contributed by atoms with Gasteiger partial charge in [-0.05, 0) is 46.6 Å². The predicted octanol–water partition coefficient (Wildman–Crippen LogP) is 2.11. The first-order valence-corrected chi connectivity index (χ1v) is 7.00. The Morgan fingerprint density at radius 3 is 2.70 bits per heavy atom. The third kappa shape index (κ3) is 2.98. The van der Waals surface area contributed by atoms with E-state index in [1.807, 2.05) is 45.2 Å². The van der Waals surface area contributed by atoms with E-state index in [1.54, 1.807) is 0 Å². The van der Waals surface area contributed by atoms with Gasteiger partial charge in [0.2, 0.25) is 5.91 Å². The van der Waals surface area contributed by atoms with Gasteiger partial charge >= 0.3 is 0 Å². The molecule has 2 aromatic heterocycles. The zero-order valence-electron chi connectivity index (χ0n) is 12.8. The molecule has 0 spiro atoms. The summed E-state index contributed by atoms with van der Waals surface area (Å²) in [7, 11) is 0. The van der Waals surface area contributed by atoms with E-state index in [4.69, 9.17) is 0 Å². The number of carbonyl (C=O) groups is 1. The van der Waals surface area contributed by atoms with Gasteiger partial charge in [-0.2, -0.15) is 5.10 Å². The molecule has 2 heterocycles. The van der Waals surface area contributed by atoms with Crippen molar-refractivity contribution in [2.24, 2.45) is 0 Å². The molecule has 0 saturated carbocycles. The van der Waals surface area contributed by atoms with Crippen molar-refractivity contribution in [3.8, 4) is 0 Å². The van der Waals surface area contributed by atoms with Crippen molar-refractivity contribution in [3.63, 3.8) is 0 Å². The van der Waals surface area contributed by atoms with Gasteiger partial charge < -0.3 is 5.32 Å². The first-order valence-electron chi connectivity index (χ1n) is 7.00. The Hall–Kier alpha value is -1.91. The van der Waals surface area contributed by atoms with Crippen LogP contribution in [0.5, 0.6) is 0 Å². The third-order valence-corrected chi connectivity index (χ3v) is 3.34. The number of nitrogens with one attached hydrogen (secondary N) is 1. The smallest absolute Gasteiger partial charge is 0.220 e. The Kier molecular flexibility index (Phi) is 4.06. The molecule has 0 bridgehead atoms. The zero-order chi connectivity index (χ0) is 14.9. The number of amides is 1. The van der Waals surface area contributed by atoms with Crippen molar-refractivity contribution in [2.75, 3.05) is 0 Å². The van der Waals surface area contributed by atoms with Crippen molar-refractivity contribution in [1.82, 2.24) is 19.9 Å². The maximum Gasteiger partial charge on any atom is 0.220 e. The van der Waals surface area contributed by atoms with Gasteiger partial charge in [0, 0.05) is 29.9 Å². The van der Waals surface area contributed by atoms with Crippen LogP contribution in [0.3, 0.4) is 0 Å². The van der Waals surface area contributed by atoms with Gasteiger partial charge in [-0.25, -0.2) is 9.50 Å². The normalized spacial score (nSPS) is 11.3. The van der Waals surface area contributed by atoms with Gasteiger partial charge in [-0.1, -0.05) is 0 Å². The van der Waals surface area contributed by atoms with Crippen LogP contribution in [0.15, 0.2) is 6.07 Å². The predicted molar refractivity (Wildman–Crippen MR) is 78.8 cm³/mol. The highest BCUT2D eigenvalue weighted by molar-refractivity contribution is 5.76. The van der Waals surface area contributed by atoms with Crippen molar-refractivity contribution >= 4 is 11.6 Å². The molecule has 5 heteroatoms. The van der Waals surface area contributed by atoms with E-state index in [-0.39, 0.29) is 11.9 Å². The molecule has 0 atom stereocenters. The molecule has 0 fully saturated rings. The molecule has 0 aliphatic heterocycles. The number of fused-ring (bicyclic) bond motifs is 1. The molecule has 0 unspecified atom stereocenters. The Morgan fingerprint density at radius 2 is 2.05 bits per heavy atom. The number of hydrogen-bond acceptors (Lipinski definition) is 3. The second-order valence-corrected chi connectivity index (χ2v) is 5.54. The van der Waals surface area contributed by atoms with Gasteiger partial charge in [0.25, 0.3) is 0 Å². The largest absolute Gasteiger partial charge is 0.354 e. The molecule has 20 heavy (non-hydrogen) atoms. The first-order chi connectivity index (χ1) is 9.38. The van der Waals surface area contributed by atoms with E-state index in [0.717, 1.165) is 28.3 Å². The summed E-state index contributed by atoms with van der Waals surface area (Å²) in [5, 5.41) is 7.35. The third-order valence-electron chi connectivity index (χ3n) is 3.34. The maximum atomic E-state index is 11.8. The minimum atomic E-state index is 0.0792. The number of aromatic nitrogens is 3. The zero-order valence-corrected chi connectivity index (χ0v) is 12.8. The molecule has 1 N–H and O–H groups in total. The molecule has 2 rings (SSSR count). The quantitative estimate of drug-likeness (QED) is 0.929. The van der Waals surface area contributed by atoms with Gasteiger partial charge in [0.05, 0.1) is 5.69 Å². The lowest BCUT2D eigenvalue weighted by Gasteiger charge is -2.12. The average Bonchev–Trinajstić information content (AvgIpc) is 2.68. The summed E-state index contributed by atoms with van der Waals surface area (Å²) >= 11 is 0. The highest BCUT2D eigenvalue weighted by Crippen LogP contribution is 2.16. The topological polar surface area (TPSA) is 59.3 Å². The lowest BCUT2D eigenvalue weighted by Crippen LogP contribution is -2.30. The van der Waals surface area contributed by atoms with Gasteiger partial charge in [0.15, 0.2) is 5.65 Å². The molecule has 5 nitrogen and oxygen atoms in total.